The summed E-state index contributed by atoms with van der Waals surface area (Å²) in [6, 6.07) is 1.80. The van der Waals surface area contributed by atoms with E-state index < -0.39 is 0 Å². The van der Waals surface area contributed by atoms with Crippen molar-refractivity contribution in [1.29, 1.82) is 0 Å². The molecule has 0 amide bonds. The number of hydrogen-bond acceptors (Lipinski definition) is 2. The van der Waals surface area contributed by atoms with Gasteiger partial charge in [-0.25, -0.2) is 0 Å². The molecule has 1 nitrogen and oxygen atoms in total. The van der Waals surface area contributed by atoms with Crippen molar-refractivity contribution in [2.45, 2.75) is 56.4 Å². The Morgan fingerprint density at radius 1 is 1.31 bits per heavy atom. The van der Waals surface area contributed by atoms with Crippen LogP contribution >= 0.6 is 12.6 Å². The molecule has 2 heteroatoms. The molecule has 0 aliphatic carbocycles. The quantitative estimate of drug-likeness (QED) is 0.669. The summed E-state index contributed by atoms with van der Waals surface area (Å²) in [5, 5.41) is 0.591. The average Bonchev–Trinajstić information content (AvgIpc) is 2.33. The van der Waals surface area contributed by atoms with Gasteiger partial charge in [0.05, 0.1) is 0 Å². The standard InChI is InChI=1S/C11H21NS/c1-8(13)5-9-6-10-3-4-11(7-9)12(10)2/h8-11,13H,3-7H2,1-2H3/t8?,9?,10-,11+. The molecular formula is C11H21NS. The van der Waals surface area contributed by atoms with Crippen molar-refractivity contribution in [1.82, 2.24) is 4.90 Å². The molecular weight excluding hydrogens is 178 g/mol. The monoisotopic (exact) mass is 199 g/mol. The normalized spacial score (nSPS) is 42.2. The molecule has 0 aromatic rings. The molecule has 0 N–H and O–H groups in total. The third-order valence-electron chi connectivity index (χ3n) is 3.87. The first kappa shape index (κ1) is 9.85. The van der Waals surface area contributed by atoms with Gasteiger partial charge in [-0.3, -0.25) is 0 Å². The summed E-state index contributed by atoms with van der Waals surface area (Å²) in [5.74, 6) is 0.959. The lowest BCUT2D eigenvalue weighted by Gasteiger charge is -2.36. The van der Waals surface area contributed by atoms with Crippen molar-refractivity contribution < 1.29 is 0 Å². The van der Waals surface area contributed by atoms with Crippen molar-refractivity contribution in [3.8, 4) is 0 Å². The number of hydrogen-bond donors (Lipinski definition) is 1. The molecule has 2 aliphatic heterocycles. The average molecular weight is 199 g/mol. The molecule has 2 aliphatic rings. The van der Waals surface area contributed by atoms with Gasteiger partial charge in [0, 0.05) is 12.1 Å². The maximum atomic E-state index is 4.50. The van der Waals surface area contributed by atoms with E-state index >= 15 is 0 Å². The van der Waals surface area contributed by atoms with E-state index in [1.807, 2.05) is 0 Å². The second-order valence-electron chi connectivity index (χ2n) is 4.97. The number of thiol groups is 1. The molecule has 4 atom stereocenters. The summed E-state index contributed by atoms with van der Waals surface area (Å²) < 4.78 is 0. The highest BCUT2D eigenvalue weighted by atomic mass is 32.1. The third-order valence-corrected chi connectivity index (χ3v) is 4.08. The summed E-state index contributed by atoms with van der Waals surface area (Å²) in [6.07, 6.45) is 7.07. The van der Waals surface area contributed by atoms with Gasteiger partial charge in [-0.1, -0.05) is 6.92 Å². The molecule has 0 spiro atoms. The summed E-state index contributed by atoms with van der Waals surface area (Å²) in [6.45, 7) is 2.23. The van der Waals surface area contributed by atoms with Crippen LogP contribution in [0.1, 0.15) is 39.0 Å². The van der Waals surface area contributed by atoms with Crippen molar-refractivity contribution in [2.75, 3.05) is 7.05 Å². The van der Waals surface area contributed by atoms with Crippen LogP contribution in [0.25, 0.3) is 0 Å². The smallest absolute Gasteiger partial charge is 0.00983 e. The largest absolute Gasteiger partial charge is 0.300 e. The fourth-order valence-electron chi connectivity index (χ4n) is 3.20. The van der Waals surface area contributed by atoms with Crippen LogP contribution in [0.3, 0.4) is 0 Å². The fraction of sp³-hybridized carbons (Fsp3) is 1.00. The minimum atomic E-state index is 0.591. The maximum Gasteiger partial charge on any atom is 0.00983 e. The summed E-state index contributed by atoms with van der Waals surface area (Å²) in [4.78, 5) is 2.61. The zero-order chi connectivity index (χ0) is 9.42. The first-order valence-corrected chi connectivity index (χ1v) is 6.08. The van der Waals surface area contributed by atoms with Gasteiger partial charge in [-0.15, -0.1) is 0 Å². The van der Waals surface area contributed by atoms with Crippen molar-refractivity contribution in [2.24, 2.45) is 5.92 Å². The highest BCUT2D eigenvalue weighted by Gasteiger charge is 2.38. The maximum absolute atomic E-state index is 4.50. The molecule has 0 radical (unpaired) electrons. The van der Waals surface area contributed by atoms with E-state index in [-0.39, 0.29) is 0 Å². The van der Waals surface area contributed by atoms with Gasteiger partial charge in [0.2, 0.25) is 0 Å². The van der Waals surface area contributed by atoms with E-state index in [1.165, 1.54) is 32.1 Å². The van der Waals surface area contributed by atoms with Gasteiger partial charge in [0.25, 0.3) is 0 Å². The van der Waals surface area contributed by atoms with Gasteiger partial charge in [-0.2, -0.15) is 12.6 Å². The lowest BCUT2D eigenvalue weighted by molar-refractivity contribution is 0.130. The van der Waals surface area contributed by atoms with E-state index in [1.54, 1.807) is 0 Å². The predicted molar refractivity (Wildman–Crippen MR) is 60.4 cm³/mol. The first-order valence-electron chi connectivity index (χ1n) is 5.57. The molecule has 0 saturated carbocycles. The predicted octanol–water partition coefficient (Wildman–Crippen LogP) is 2.57. The van der Waals surface area contributed by atoms with E-state index in [0.29, 0.717) is 5.25 Å². The Morgan fingerprint density at radius 2 is 1.85 bits per heavy atom. The molecule has 76 valence electrons. The highest BCUT2D eigenvalue weighted by molar-refractivity contribution is 7.80. The molecule has 2 unspecified atom stereocenters. The van der Waals surface area contributed by atoms with E-state index in [2.05, 4.69) is 31.5 Å². The van der Waals surface area contributed by atoms with E-state index in [4.69, 9.17) is 0 Å². The fourth-order valence-corrected chi connectivity index (χ4v) is 3.50. The zero-order valence-corrected chi connectivity index (χ0v) is 9.63. The van der Waals surface area contributed by atoms with Crippen LogP contribution in [0.15, 0.2) is 0 Å². The minimum absolute atomic E-state index is 0.591. The van der Waals surface area contributed by atoms with Crippen molar-refractivity contribution >= 4 is 12.6 Å². The van der Waals surface area contributed by atoms with Crippen molar-refractivity contribution in [3.63, 3.8) is 0 Å². The van der Waals surface area contributed by atoms with Crippen LogP contribution < -0.4 is 0 Å². The van der Waals surface area contributed by atoms with Gasteiger partial charge < -0.3 is 4.90 Å². The second-order valence-corrected chi connectivity index (χ2v) is 5.85. The second kappa shape index (κ2) is 3.82. The lowest BCUT2D eigenvalue weighted by Crippen LogP contribution is -2.40. The SMILES string of the molecule is CC(S)CC1C[C@H]2CC[C@@H](C1)N2C. The van der Waals surface area contributed by atoms with E-state index in [9.17, 15) is 0 Å². The van der Waals surface area contributed by atoms with Crippen LogP contribution in [-0.4, -0.2) is 29.3 Å². The molecule has 2 rings (SSSR count). The molecule has 0 aromatic heterocycles. The Hall–Kier alpha value is 0.310. The molecule has 2 bridgehead atoms. The molecule has 0 aromatic carbocycles. The topological polar surface area (TPSA) is 3.24 Å². The Kier molecular flexibility index (Phi) is 2.89. The summed E-state index contributed by atoms with van der Waals surface area (Å²) in [5.41, 5.74) is 0. The number of rotatable bonds is 2. The number of nitrogens with zero attached hydrogens (tertiary/aromatic N) is 1. The Morgan fingerprint density at radius 3 is 2.31 bits per heavy atom. The van der Waals surface area contributed by atoms with Crippen molar-refractivity contribution in [3.05, 3.63) is 0 Å². The van der Waals surface area contributed by atoms with Gasteiger partial charge in [-0.05, 0) is 50.3 Å². The molecule has 2 heterocycles. The Labute approximate surface area is 87.3 Å². The minimum Gasteiger partial charge on any atom is -0.300 e. The summed E-state index contributed by atoms with van der Waals surface area (Å²) in [7, 11) is 2.31. The lowest BCUT2D eigenvalue weighted by atomic mass is 9.88. The summed E-state index contributed by atoms with van der Waals surface area (Å²) >= 11 is 4.50. The zero-order valence-electron chi connectivity index (χ0n) is 8.74. The van der Waals surface area contributed by atoms with Crippen LogP contribution in [0, 0.1) is 5.92 Å². The Bertz CT molecular complexity index is 167. The molecule has 2 fully saturated rings. The van der Waals surface area contributed by atoms with Gasteiger partial charge >= 0.3 is 0 Å². The van der Waals surface area contributed by atoms with Gasteiger partial charge in [0.15, 0.2) is 0 Å². The van der Waals surface area contributed by atoms with Gasteiger partial charge in [0.1, 0.15) is 0 Å². The van der Waals surface area contributed by atoms with E-state index in [0.717, 1.165) is 18.0 Å². The molecule has 13 heavy (non-hydrogen) atoms. The first-order chi connectivity index (χ1) is 6.16. The third kappa shape index (κ3) is 2.04. The van der Waals surface area contributed by atoms with Crippen LogP contribution in [-0.2, 0) is 0 Å². The van der Waals surface area contributed by atoms with Crippen LogP contribution in [0.2, 0.25) is 0 Å². The molecule has 2 saturated heterocycles. The number of fused-ring (bicyclic) bond motifs is 2. The Balaban J connectivity index is 1.91. The highest BCUT2D eigenvalue weighted by Crippen LogP contribution is 2.39. The number of piperidine rings is 1. The van der Waals surface area contributed by atoms with Crippen LogP contribution in [0.5, 0.6) is 0 Å². The van der Waals surface area contributed by atoms with Crippen LogP contribution in [0.4, 0.5) is 0 Å².